The van der Waals surface area contributed by atoms with Crippen molar-refractivity contribution in [3.8, 4) is 5.75 Å². The Kier molecular flexibility index (Phi) is 3.77. The van der Waals surface area contributed by atoms with Crippen molar-refractivity contribution < 1.29 is 4.74 Å². The van der Waals surface area contributed by atoms with E-state index < -0.39 is 0 Å². The van der Waals surface area contributed by atoms with Crippen LogP contribution in [0.4, 0.5) is 0 Å². The zero-order valence-corrected chi connectivity index (χ0v) is 12.7. The molecule has 0 saturated carbocycles. The first-order valence-electron chi connectivity index (χ1n) is 7.22. The summed E-state index contributed by atoms with van der Waals surface area (Å²) in [5.74, 6) is 4.65. The van der Waals surface area contributed by atoms with E-state index in [0.29, 0.717) is 0 Å². The van der Waals surface area contributed by atoms with Crippen LogP contribution in [0.2, 0.25) is 0 Å². The highest BCUT2D eigenvalue weighted by molar-refractivity contribution is 7.99. The first-order chi connectivity index (χ1) is 9.14. The molecule has 0 spiro atoms. The van der Waals surface area contributed by atoms with Gasteiger partial charge < -0.3 is 10.1 Å². The second kappa shape index (κ2) is 5.37. The van der Waals surface area contributed by atoms with Gasteiger partial charge in [-0.05, 0) is 49.8 Å². The highest BCUT2D eigenvalue weighted by Crippen LogP contribution is 2.37. The number of ether oxygens (including phenoxy) is 1. The largest absolute Gasteiger partial charge is 0.487 e. The smallest absolute Gasteiger partial charge is 0.127 e. The number of fused-ring (bicyclic) bond motifs is 1. The van der Waals surface area contributed by atoms with Gasteiger partial charge in [0.05, 0.1) is 0 Å². The molecule has 1 unspecified atom stereocenters. The lowest BCUT2D eigenvalue weighted by molar-refractivity contribution is 0.137. The zero-order valence-electron chi connectivity index (χ0n) is 11.9. The summed E-state index contributed by atoms with van der Waals surface area (Å²) in [5.41, 5.74) is 2.63. The second-order valence-electron chi connectivity index (χ2n) is 6.30. The summed E-state index contributed by atoms with van der Waals surface area (Å²) in [5, 5.41) is 3.61. The van der Waals surface area contributed by atoms with Crippen LogP contribution in [0.15, 0.2) is 18.2 Å². The van der Waals surface area contributed by atoms with E-state index >= 15 is 0 Å². The lowest BCUT2D eigenvalue weighted by Gasteiger charge is -2.18. The lowest BCUT2D eigenvalue weighted by atomic mass is 10.0. The Morgan fingerprint density at radius 3 is 3.11 bits per heavy atom. The van der Waals surface area contributed by atoms with Crippen LogP contribution in [-0.2, 0) is 13.0 Å². The van der Waals surface area contributed by atoms with Crippen molar-refractivity contribution in [2.45, 2.75) is 38.8 Å². The predicted molar refractivity (Wildman–Crippen MR) is 82.0 cm³/mol. The molecule has 0 aliphatic carbocycles. The van der Waals surface area contributed by atoms with Gasteiger partial charge in [-0.1, -0.05) is 18.2 Å². The summed E-state index contributed by atoms with van der Waals surface area (Å²) >= 11 is 2.08. The Morgan fingerprint density at radius 1 is 1.42 bits per heavy atom. The molecule has 1 atom stereocenters. The Balaban J connectivity index is 1.61. The van der Waals surface area contributed by atoms with E-state index in [1.54, 1.807) is 0 Å². The molecule has 2 aliphatic rings. The number of rotatable bonds is 4. The molecule has 2 heterocycles. The van der Waals surface area contributed by atoms with Crippen LogP contribution < -0.4 is 10.1 Å². The van der Waals surface area contributed by atoms with Crippen molar-refractivity contribution in [2.75, 3.05) is 18.1 Å². The normalized spacial score (nSPS) is 24.2. The van der Waals surface area contributed by atoms with E-state index in [4.69, 9.17) is 4.74 Å². The number of thioether (sulfide) groups is 1. The van der Waals surface area contributed by atoms with Crippen molar-refractivity contribution in [3.63, 3.8) is 0 Å². The third-order valence-electron chi connectivity index (χ3n) is 3.95. The fourth-order valence-corrected chi connectivity index (χ4v) is 4.26. The van der Waals surface area contributed by atoms with E-state index in [-0.39, 0.29) is 5.60 Å². The molecule has 19 heavy (non-hydrogen) atoms. The molecule has 2 aliphatic heterocycles. The molecule has 0 amide bonds. The van der Waals surface area contributed by atoms with Crippen LogP contribution in [0.5, 0.6) is 5.75 Å². The number of benzene rings is 1. The van der Waals surface area contributed by atoms with Gasteiger partial charge in [-0.15, -0.1) is 0 Å². The molecule has 1 fully saturated rings. The van der Waals surface area contributed by atoms with Crippen molar-refractivity contribution in [1.82, 2.24) is 5.32 Å². The average molecular weight is 277 g/mol. The average Bonchev–Trinajstić information content (AvgIpc) is 2.95. The summed E-state index contributed by atoms with van der Waals surface area (Å²) < 4.78 is 6.10. The van der Waals surface area contributed by atoms with E-state index in [1.165, 1.54) is 29.1 Å². The molecule has 0 bridgehead atoms. The SMILES string of the molecule is CC1(C)Cc2cccc(CNCC3CCSC3)c2O1. The zero-order chi connectivity index (χ0) is 13.3. The second-order valence-corrected chi connectivity index (χ2v) is 7.45. The molecule has 0 aromatic heterocycles. The van der Waals surface area contributed by atoms with Gasteiger partial charge in [0, 0.05) is 18.5 Å². The van der Waals surface area contributed by atoms with E-state index in [9.17, 15) is 0 Å². The number of hydrogen-bond donors (Lipinski definition) is 1. The third kappa shape index (κ3) is 3.09. The molecule has 1 N–H and O–H groups in total. The molecule has 1 saturated heterocycles. The van der Waals surface area contributed by atoms with Crippen LogP contribution in [-0.4, -0.2) is 23.7 Å². The summed E-state index contributed by atoms with van der Waals surface area (Å²) in [6.07, 6.45) is 2.39. The summed E-state index contributed by atoms with van der Waals surface area (Å²) in [6.45, 7) is 6.40. The first kappa shape index (κ1) is 13.3. The standard InChI is InChI=1S/C16H23NOS/c1-16(2)8-13-4-3-5-14(15(13)18-16)10-17-9-12-6-7-19-11-12/h3-5,12,17H,6-11H2,1-2H3. The molecule has 2 nitrogen and oxygen atoms in total. The van der Waals surface area contributed by atoms with Crippen LogP contribution >= 0.6 is 11.8 Å². The number of para-hydroxylation sites is 1. The minimum atomic E-state index is -0.0411. The van der Waals surface area contributed by atoms with Crippen LogP contribution in [0.25, 0.3) is 0 Å². The van der Waals surface area contributed by atoms with Crippen molar-refractivity contribution in [2.24, 2.45) is 5.92 Å². The Labute approximate surface area is 120 Å². The number of nitrogens with one attached hydrogen (secondary N) is 1. The van der Waals surface area contributed by atoms with Gasteiger partial charge in [-0.3, -0.25) is 0 Å². The summed E-state index contributed by atoms with van der Waals surface area (Å²) in [7, 11) is 0. The number of hydrogen-bond acceptors (Lipinski definition) is 3. The van der Waals surface area contributed by atoms with Gasteiger partial charge in [0.1, 0.15) is 11.4 Å². The fourth-order valence-electron chi connectivity index (χ4n) is 2.97. The van der Waals surface area contributed by atoms with Gasteiger partial charge in [-0.2, -0.15) is 11.8 Å². The quantitative estimate of drug-likeness (QED) is 0.913. The van der Waals surface area contributed by atoms with Gasteiger partial charge in [0.25, 0.3) is 0 Å². The van der Waals surface area contributed by atoms with E-state index in [2.05, 4.69) is 49.1 Å². The molecule has 1 aromatic rings. The topological polar surface area (TPSA) is 21.3 Å². The molecular formula is C16H23NOS. The molecule has 1 aromatic carbocycles. The predicted octanol–water partition coefficient (Wildman–Crippen LogP) is 3.24. The van der Waals surface area contributed by atoms with Crippen molar-refractivity contribution in [3.05, 3.63) is 29.3 Å². The van der Waals surface area contributed by atoms with E-state index in [0.717, 1.165) is 31.2 Å². The minimum Gasteiger partial charge on any atom is -0.487 e. The molecule has 0 radical (unpaired) electrons. The van der Waals surface area contributed by atoms with Gasteiger partial charge >= 0.3 is 0 Å². The first-order valence-corrected chi connectivity index (χ1v) is 8.38. The minimum absolute atomic E-state index is 0.0411. The fraction of sp³-hybridized carbons (Fsp3) is 0.625. The maximum atomic E-state index is 6.10. The van der Waals surface area contributed by atoms with Crippen molar-refractivity contribution in [1.29, 1.82) is 0 Å². The highest BCUT2D eigenvalue weighted by Gasteiger charge is 2.31. The van der Waals surface area contributed by atoms with Gasteiger partial charge in [0.2, 0.25) is 0 Å². The maximum absolute atomic E-state index is 6.10. The summed E-state index contributed by atoms with van der Waals surface area (Å²) in [4.78, 5) is 0. The Bertz CT molecular complexity index is 452. The Hall–Kier alpha value is -0.670. The third-order valence-corrected chi connectivity index (χ3v) is 5.18. The Morgan fingerprint density at radius 2 is 2.32 bits per heavy atom. The van der Waals surface area contributed by atoms with Crippen LogP contribution in [0.1, 0.15) is 31.4 Å². The van der Waals surface area contributed by atoms with Crippen molar-refractivity contribution >= 4 is 11.8 Å². The van der Waals surface area contributed by atoms with Crippen LogP contribution in [0.3, 0.4) is 0 Å². The highest BCUT2D eigenvalue weighted by atomic mass is 32.2. The van der Waals surface area contributed by atoms with Gasteiger partial charge in [-0.25, -0.2) is 0 Å². The van der Waals surface area contributed by atoms with Gasteiger partial charge in [0.15, 0.2) is 0 Å². The van der Waals surface area contributed by atoms with Crippen LogP contribution in [0, 0.1) is 5.92 Å². The van der Waals surface area contributed by atoms with E-state index in [1.807, 2.05) is 0 Å². The maximum Gasteiger partial charge on any atom is 0.127 e. The lowest BCUT2D eigenvalue weighted by Crippen LogP contribution is -2.25. The molecule has 3 rings (SSSR count). The monoisotopic (exact) mass is 277 g/mol. The molecule has 3 heteroatoms. The summed E-state index contributed by atoms with van der Waals surface area (Å²) in [6, 6.07) is 6.55. The molecule has 104 valence electrons. The molecular weight excluding hydrogens is 254 g/mol.